The van der Waals surface area contributed by atoms with E-state index in [2.05, 4.69) is 30.2 Å². The Morgan fingerprint density at radius 1 is 0.692 bits per heavy atom. The van der Waals surface area contributed by atoms with Crippen LogP contribution in [0.4, 0.5) is 0 Å². The Morgan fingerprint density at radius 3 is 2.11 bits per heavy atom. The number of aromatic amines is 1. The molecule has 1 amide bonds. The van der Waals surface area contributed by atoms with Gasteiger partial charge in [0.15, 0.2) is 0 Å². The number of imidazole rings is 1. The zero-order chi connectivity index (χ0) is 44.7. The average molecular weight is 983 g/mol. The van der Waals surface area contributed by atoms with Gasteiger partial charge in [0.05, 0.1) is 39.4 Å². The molecule has 9 N–H and O–H groups in total. The monoisotopic (exact) mass is 982 g/mol. The number of hydrogen-bond donors (Lipinski definition) is 9. The second-order valence-electron chi connectivity index (χ2n) is 14.9. The number of aromatic nitrogens is 10. The molecule has 335 valence electrons. The Balaban J connectivity index is 0.00000533. The van der Waals surface area contributed by atoms with Gasteiger partial charge in [0.2, 0.25) is 0 Å². The number of benzene rings is 3. The van der Waals surface area contributed by atoms with Crippen LogP contribution in [-0.4, -0.2) is 92.6 Å². The second-order valence-corrected chi connectivity index (χ2v) is 19.4. The molecule has 0 fully saturated rings. The third-order valence-electron chi connectivity index (χ3n) is 10.9. The summed E-state index contributed by atoms with van der Waals surface area (Å²) in [5.74, 6) is -0.429. The molecule has 10 rings (SSSR count). The molecule has 7 aromatic rings. The van der Waals surface area contributed by atoms with Crippen molar-refractivity contribution in [3.05, 3.63) is 100 Å². The van der Waals surface area contributed by atoms with Crippen molar-refractivity contribution >= 4 is 71.1 Å². The molecule has 25 heteroatoms. The standard InChI is InChI=1S/C40H34N11O10S3.Co/c52-40(42-13-2-1-4-19-17-41-18-43-19)27-6-3-5-26-31(27)39-50-34-25-12-9-22(64(59,60)61)16-30(25)38(48-34)49-37-29-15-21(63(56,57)58)8-11-24(29)33(47-37)46-36-28-14-20(62(53,54)55)7-10-23(28)32(45-36)44-35(26)51-39;/h3,5-9,11-12,15-18H,1-2,4,10,13-14H2,(H10-,41,42,43,44,45,46,47,48,49,50,51,52,53,54,55,56,57,58,59,60,61);/q-1;+2/p-1. The molecule has 3 aromatic carbocycles. The summed E-state index contributed by atoms with van der Waals surface area (Å²) >= 11 is 0. The maximum atomic E-state index is 14.0. The summed E-state index contributed by atoms with van der Waals surface area (Å²) in [6, 6.07) is 12.6. The van der Waals surface area contributed by atoms with Gasteiger partial charge in [-0.2, -0.15) is 8.42 Å². The van der Waals surface area contributed by atoms with Gasteiger partial charge in [-0.05, 0) is 77.9 Å². The van der Waals surface area contributed by atoms with Gasteiger partial charge < -0.3 is 67.5 Å². The van der Waals surface area contributed by atoms with E-state index in [1.54, 1.807) is 30.7 Å². The summed E-state index contributed by atoms with van der Waals surface area (Å²) in [5, 5.41) is 3.34. The molecule has 4 aromatic heterocycles. The molecule has 0 spiro atoms. The fourth-order valence-corrected chi connectivity index (χ4v) is 9.47. The first kappa shape index (κ1) is 44.3. The predicted octanol–water partition coefficient (Wildman–Crippen LogP) is 6.48. The van der Waals surface area contributed by atoms with E-state index >= 15 is 0 Å². The SMILES string of the molecule is O=C(NCCCCc1cnc[nH]1)c1cccc2c1-c1nc-2nc2[n-]c(nc3nc(nc4[n-]c(n1)c1ccc(S(=O)(=O)O)cc41)-c1cc(S(O)(O)O)ccc1-3)c1c2CC=C(S(O)(O)O)C1.[Co+2]. The van der Waals surface area contributed by atoms with E-state index in [4.69, 9.17) is 24.9 Å². The zero-order valence-electron chi connectivity index (χ0n) is 33.1. The van der Waals surface area contributed by atoms with Gasteiger partial charge >= 0.3 is 16.8 Å². The van der Waals surface area contributed by atoms with Crippen LogP contribution in [0.3, 0.4) is 0 Å². The molecule has 8 bridgehead atoms. The maximum absolute atomic E-state index is 14.0. The van der Waals surface area contributed by atoms with Gasteiger partial charge in [-0.25, -0.2) is 15.0 Å². The minimum absolute atomic E-state index is 0. The molecule has 0 atom stereocenters. The molecule has 6 heterocycles. The van der Waals surface area contributed by atoms with Crippen LogP contribution in [0.2, 0.25) is 0 Å². The van der Waals surface area contributed by atoms with E-state index in [1.807, 2.05) is 0 Å². The molecule has 0 saturated heterocycles. The molecule has 65 heavy (non-hydrogen) atoms. The van der Waals surface area contributed by atoms with Gasteiger partial charge in [0.25, 0.3) is 16.0 Å². The average Bonchev–Trinajstić information content (AvgIpc) is 4.08. The van der Waals surface area contributed by atoms with Crippen molar-refractivity contribution < 1.29 is 61.9 Å². The van der Waals surface area contributed by atoms with Crippen molar-refractivity contribution in [1.29, 1.82) is 0 Å². The third kappa shape index (κ3) is 8.32. The van der Waals surface area contributed by atoms with Crippen molar-refractivity contribution in [2.75, 3.05) is 6.54 Å². The van der Waals surface area contributed by atoms with E-state index in [0.29, 0.717) is 40.8 Å². The molecular weight excluding hydrogens is 950 g/mol. The number of amides is 1. The molecule has 1 aliphatic carbocycles. The van der Waals surface area contributed by atoms with Gasteiger partial charge in [0.1, 0.15) is 21.7 Å². The van der Waals surface area contributed by atoms with Crippen LogP contribution in [0, 0.1) is 0 Å². The summed E-state index contributed by atoms with van der Waals surface area (Å²) in [6.45, 7) is 0.353. The molecule has 21 nitrogen and oxygen atoms in total. The van der Waals surface area contributed by atoms with Crippen LogP contribution in [-0.2, 0) is 46.2 Å². The topological polar surface area (TPSA) is 339 Å². The number of allylic oxidation sites excluding steroid dienone is 2. The third-order valence-corrected chi connectivity index (χ3v) is 13.6. The van der Waals surface area contributed by atoms with Crippen LogP contribution in [0.1, 0.15) is 40.0 Å². The quantitative estimate of drug-likeness (QED) is 0.0551. The van der Waals surface area contributed by atoms with Crippen LogP contribution in [0.5, 0.6) is 0 Å². The van der Waals surface area contributed by atoms with Crippen molar-refractivity contribution in [1.82, 2.24) is 55.2 Å². The number of rotatable bonds is 9. The summed E-state index contributed by atoms with van der Waals surface area (Å²) in [4.78, 5) is 58.3. The summed E-state index contributed by atoms with van der Waals surface area (Å²) < 4.78 is 96.2. The van der Waals surface area contributed by atoms with Crippen molar-refractivity contribution in [2.45, 2.75) is 41.9 Å². The molecule has 3 aliphatic rings. The van der Waals surface area contributed by atoms with Gasteiger partial charge in [-0.15, -0.1) is 0 Å². The van der Waals surface area contributed by atoms with Crippen LogP contribution >= 0.6 is 21.7 Å². The zero-order valence-corrected chi connectivity index (χ0v) is 36.6. The summed E-state index contributed by atoms with van der Waals surface area (Å²) in [5.41, 5.74) is 3.26. The first-order chi connectivity index (χ1) is 30.5. The minimum atomic E-state index is -4.74. The first-order valence-electron chi connectivity index (χ1n) is 19.3. The number of carbonyl (C=O) groups is 1. The molecule has 0 unspecified atom stereocenters. The first-order valence-corrected chi connectivity index (χ1v) is 23.7. The van der Waals surface area contributed by atoms with Crippen molar-refractivity contribution in [3.63, 3.8) is 0 Å². The minimum Gasteiger partial charge on any atom is -0.358 e. The van der Waals surface area contributed by atoms with Gasteiger partial charge in [0, 0.05) is 80.2 Å². The smallest absolute Gasteiger partial charge is 0.358 e. The number of hydrogen-bond acceptors (Lipinski definition) is 16. The Morgan fingerprint density at radius 2 is 1.37 bits per heavy atom. The Kier molecular flexibility index (Phi) is 11.2. The van der Waals surface area contributed by atoms with E-state index in [0.717, 1.165) is 30.7 Å². The van der Waals surface area contributed by atoms with Crippen molar-refractivity contribution in [3.8, 4) is 45.6 Å². The number of unbranched alkanes of at least 4 members (excludes halogenated alkanes) is 1. The number of aryl methyl sites for hydroxylation is 1. The Bertz CT molecular complexity index is 3420. The van der Waals surface area contributed by atoms with Crippen LogP contribution in [0.15, 0.2) is 87.9 Å². The number of H-pyrrole nitrogens is 1. The Hall–Kier alpha value is -5.94. The van der Waals surface area contributed by atoms with Gasteiger partial charge in [-0.3, -0.25) is 9.35 Å². The number of nitrogens with zero attached hydrogens (tertiary/aromatic N) is 9. The fourth-order valence-electron chi connectivity index (χ4n) is 7.79. The fraction of sp³-hybridized carbons (Fsp3) is 0.150. The van der Waals surface area contributed by atoms with E-state index in [-0.39, 0.29) is 107 Å². The van der Waals surface area contributed by atoms with Crippen LogP contribution < -0.4 is 15.3 Å². The molecule has 0 saturated carbocycles. The van der Waals surface area contributed by atoms with E-state index in [1.165, 1.54) is 30.3 Å². The van der Waals surface area contributed by atoms with E-state index < -0.39 is 42.7 Å². The van der Waals surface area contributed by atoms with E-state index in [9.17, 15) is 45.1 Å². The molecule has 2 aliphatic heterocycles. The number of nitrogens with one attached hydrogen (secondary N) is 2. The summed E-state index contributed by atoms with van der Waals surface area (Å²) in [6.07, 6.45) is 6.88. The second kappa shape index (κ2) is 16.5. The predicted molar refractivity (Wildman–Crippen MR) is 235 cm³/mol. The van der Waals surface area contributed by atoms with Crippen LogP contribution in [0.25, 0.3) is 78.9 Å². The van der Waals surface area contributed by atoms with Gasteiger partial charge in [-0.1, -0.05) is 30.3 Å². The summed E-state index contributed by atoms with van der Waals surface area (Å²) in [7, 11) is -13.1. The maximum Gasteiger partial charge on any atom is 2.00 e. The molecule has 1 radical (unpaired) electrons. The van der Waals surface area contributed by atoms with Crippen molar-refractivity contribution in [2.24, 2.45) is 0 Å². The largest absolute Gasteiger partial charge is 2.00 e. The normalized spacial score (nSPS) is 13.9. The number of carbonyl (C=O) groups excluding carboxylic acids is 1. The Labute approximate surface area is 380 Å². The number of fused-ring (bicyclic) bond motifs is 20. The molecular formula is C40H33CoN11O10S3.